The highest BCUT2D eigenvalue weighted by molar-refractivity contribution is 5.68. The van der Waals surface area contributed by atoms with Crippen LogP contribution in [0.1, 0.15) is 52.7 Å². The van der Waals surface area contributed by atoms with Gasteiger partial charge in [-0.25, -0.2) is 4.79 Å². The minimum Gasteiger partial charge on any atom is -0.444 e. The second-order valence-electron chi connectivity index (χ2n) is 8.20. The summed E-state index contributed by atoms with van der Waals surface area (Å²) in [4.78, 5) is 12.2. The maximum Gasteiger partial charge on any atom is 0.407 e. The molecule has 1 heterocycles. The van der Waals surface area contributed by atoms with Gasteiger partial charge in [-0.3, -0.25) is 0 Å². The number of alkyl carbamates (subject to hydrolysis) is 1. The highest BCUT2D eigenvalue weighted by Gasteiger charge is 2.42. The number of hydrogen-bond donors (Lipinski definition) is 2. The van der Waals surface area contributed by atoms with Crippen LogP contribution in [0.15, 0.2) is 30.3 Å². The Morgan fingerprint density at radius 1 is 1.32 bits per heavy atom. The Balaban J connectivity index is 2.05. The zero-order chi connectivity index (χ0) is 18.6. The number of nitrogens with one attached hydrogen (secondary N) is 1. The van der Waals surface area contributed by atoms with E-state index in [1.807, 2.05) is 51.1 Å². The van der Waals surface area contributed by atoms with Crippen LogP contribution in [-0.2, 0) is 9.47 Å². The van der Waals surface area contributed by atoms with Crippen LogP contribution in [-0.4, -0.2) is 35.6 Å². The molecule has 1 saturated heterocycles. The van der Waals surface area contributed by atoms with Gasteiger partial charge in [0, 0.05) is 5.92 Å². The highest BCUT2D eigenvalue weighted by atomic mass is 16.6. The molecule has 0 bridgehead atoms. The standard InChI is InChI=1S/C20H31NO4/c1-13(2)11-16(21-19(23)25-20(3,4)5)17(22)15-12-24-18(15)14-9-7-6-8-10-14/h6-10,13,15-18,22H,11-12H2,1-5H3,(H,21,23)/t15-,16-,17-,18-/m1/s1. The van der Waals surface area contributed by atoms with Gasteiger partial charge in [0.05, 0.1) is 24.9 Å². The van der Waals surface area contributed by atoms with Gasteiger partial charge in [-0.05, 0) is 38.7 Å². The summed E-state index contributed by atoms with van der Waals surface area (Å²) in [6.45, 7) is 10.1. The fourth-order valence-electron chi connectivity index (χ4n) is 3.12. The van der Waals surface area contributed by atoms with Gasteiger partial charge in [0.1, 0.15) is 5.60 Å². The van der Waals surface area contributed by atoms with Crippen molar-refractivity contribution in [3.8, 4) is 0 Å². The van der Waals surface area contributed by atoms with Crippen LogP contribution < -0.4 is 5.32 Å². The molecule has 25 heavy (non-hydrogen) atoms. The predicted molar refractivity (Wildman–Crippen MR) is 97.2 cm³/mol. The monoisotopic (exact) mass is 349 g/mol. The fourth-order valence-corrected chi connectivity index (χ4v) is 3.12. The maximum absolute atomic E-state index is 12.2. The van der Waals surface area contributed by atoms with Crippen molar-refractivity contribution in [2.75, 3.05) is 6.61 Å². The third-order valence-corrected chi connectivity index (χ3v) is 4.26. The Kier molecular flexibility index (Phi) is 6.47. The molecule has 0 saturated carbocycles. The van der Waals surface area contributed by atoms with Gasteiger partial charge >= 0.3 is 6.09 Å². The van der Waals surface area contributed by atoms with Gasteiger partial charge < -0.3 is 19.9 Å². The summed E-state index contributed by atoms with van der Waals surface area (Å²) in [7, 11) is 0. The minimum atomic E-state index is -0.686. The van der Waals surface area contributed by atoms with Crippen LogP contribution in [0.25, 0.3) is 0 Å². The molecule has 0 aliphatic carbocycles. The molecule has 1 aromatic carbocycles. The maximum atomic E-state index is 12.2. The first-order valence-corrected chi connectivity index (χ1v) is 9.01. The molecule has 5 nitrogen and oxygen atoms in total. The summed E-state index contributed by atoms with van der Waals surface area (Å²) < 4.78 is 11.0. The summed E-state index contributed by atoms with van der Waals surface area (Å²) in [6, 6.07) is 9.52. The van der Waals surface area contributed by atoms with Crippen molar-refractivity contribution >= 4 is 6.09 Å². The number of hydrogen-bond acceptors (Lipinski definition) is 4. The first-order valence-electron chi connectivity index (χ1n) is 9.01. The lowest BCUT2D eigenvalue weighted by Gasteiger charge is -2.43. The summed E-state index contributed by atoms with van der Waals surface area (Å²) >= 11 is 0. The van der Waals surface area contributed by atoms with E-state index >= 15 is 0 Å². The van der Waals surface area contributed by atoms with Crippen LogP contribution >= 0.6 is 0 Å². The largest absolute Gasteiger partial charge is 0.444 e. The van der Waals surface area contributed by atoms with Crippen LogP contribution in [0, 0.1) is 11.8 Å². The summed E-state index contributed by atoms with van der Waals surface area (Å²) in [5.74, 6) is 0.298. The van der Waals surface area contributed by atoms with Gasteiger partial charge in [0.15, 0.2) is 0 Å². The zero-order valence-electron chi connectivity index (χ0n) is 15.9. The molecule has 1 aromatic rings. The SMILES string of the molecule is CC(C)C[C@@H](NC(=O)OC(C)(C)C)[C@H](O)[C@H]1CO[C@@H]1c1ccccc1. The minimum absolute atomic E-state index is 0.0407. The second kappa shape index (κ2) is 8.19. The van der Waals surface area contributed by atoms with Gasteiger partial charge in [0.2, 0.25) is 0 Å². The Hall–Kier alpha value is -1.59. The molecule has 2 rings (SSSR count). The van der Waals surface area contributed by atoms with E-state index in [-0.39, 0.29) is 18.1 Å². The van der Waals surface area contributed by atoms with Gasteiger partial charge in [-0.2, -0.15) is 0 Å². The van der Waals surface area contributed by atoms with Crippen molar-refractivity contribution < 1.29 is 19.4 Å². The Labute approximate surface area is 150 Å². The molecule has 4 atom stereocenters. The van der Waals surface area contributed by atoms with Crippen LogP contribution in [0.5, 0.6) is 0 Å². The molecule has 1 amide bonds. The molecular formula is C20H31NO4. The molecule has 0 aromatic heterocycles. The van der Waals surface area contributed by atoms with Crippen molar-refractivity contribution in [1.29, 1.82) is 0 Å². The Morgan fingerprint density at radius 2 is 1.96 bits per heavy atom. The van der Waals surface area contributed by atoms with E-state index in [1.54, 1.807) is 0 Å². The van der Waals surface area contributed by atoms with E-state index in [0.717, 1.165) is 5.56 Å². The fraction of sp³-hybridized carbons (Fsp3) is 0.650. The smallest absolute Gasteiger partial charge is 0.407 e. The first kappa shape index (κ1) is 19.7. The van der Waals surface area contributed by atoms with E-state index in [2.05, 4.69) is 19.2 Å². The van der Waals surface area contributed by atoms with E-state index in [0.29, 0.717) is 18.9 Å². The number of aliphatic hydroxyl groups is 1. The molecule has 140 valence electrons. The van der Waals surface area contributed by atoms with Crippen LogP contribution in [0.3, 0.4) is 0 Å². The second-order valence-corrected chi connectivity index (χ2v) is 8.20. The number of rotatable bonds is 6. The number of carbonyl (C=O) groups excluding carboxylic acids is 1. The van der Waals surface area contributed by atoms with Crippen LogP contribution in [0.4, 0.5) is 4.79 Å². The van der Waals surface area contributed by atoms with E-state index in [1.165, 1.54) is 0 Å². The van der Waals surface area contributed by atoms with Crippen LogP contribution in [0.2, 0.25) is 0 Å². The lowest BCUT2D eigenvalue weighted by atomic mass is 9.82. The molecular weight excluding hydrogens is 318 g/mol. The van der Waals surface area contributed by atoms with Crippen molar-refractivity contribution in [1.82, 2.24) is 5.32 Å². The average molecular weight is 349 g/mol. The quantitative estimate of drug-likeness (QED) is 0.822. The van der Waals surface area contributed by atoms with Gasteiger partial charge in [-0.15, -0.1) is 0 Å². The van der Waals surface area contributed by atoms with Gasteiger partial charge in [0.25, 0.3) is 0 Å². The van der Waals surface area contributed by atoms with Crippen molar-refractivity contribution in [2.24, 2.45) is 11.8 Å². The number of aliphatic hydroxyl groups excluding tert-OH is 1. The molecule has 0 spiro atoms. The Bertz CT molecular complexity index is 553. The van der Waals surface area contributed by atoms with E-state index < -0.39 is 17.8 Å². The van der Waals surface area contributed by atoms with Crippen molar-refractivity contribution in [3.05, 3.63) is 35.9 Å². The molecule has 1 aliphatic rings. The average Bonchev–Trinajstić information content (AvgIpc) is 2.44. The summed E-state index contributed by atoms with van der Waals surface area (Å²) in [6.07, 6.45) is -0.632. The third kappa shape index (κ3) is 5.72. The number of carbonyl (C=O) groups is 1. The molecule has 0 unspecified atom stereocenters. The summed E-state index contributed by atoms with van der Waals surface area (Å²) in [5.41, 5.74) is 0.488. The molecule has 1 fully saturated rings. The number of ether oxygens (including phenoxy) is 2. The lowest BCUT2D eigenvalue weighted by molar-refractivity contribution is -0.168. The predicted octanol–water partition coefficient (Wildman–Crippen LogP) is 3.67. The zero-order valence-corrected chi connectivity index (χ0v) is 15.9. The molecule has 1 aliphatic heterocycles. The lowest BCUT2D eigenvalue weighted by Crippen LogP contribution is -2.53. The number of benzene rings is 1. The summed E-state index contributed by atoms with van der Waals surface area (Å²) in [5, 5.41) is 13.8. The number of amides is 1. The van der Waals surface area contributed by atoms with E-state index in [9.17, 15) is 9.90 Å². The normalized spacial score (nSPS) is 22.8. The van der Waals surface area contributed by atoms with Gasteiger partial charge in [-0.1, -0.05) is 44.2 Å². The molecule has 0 radical (unpaired) electrons. The Morgan fingerprint density at radius 3 is 2.44 bits per heavy atom. The topological polar surface area (TPSA) is 67.8 Å². The van der Waals surface area contributed by atoms with Crippen molar-refractivity contribution in [2.45, 2.75) is 64.9 Å². The van der Waals surface area contributed by atoms with E-state index in [4.69, 9.17) is 9.47 Å². The molecule has 2 N–H and O–H groups in total. The third-order valence-electron chi connectivity index (χ3n) is 4.26. The van der Waals surface area contributed by atoms with Crippen molar-refractivity contribution in [3.63, 3.8) is 0 Å². The molecule has 5 heteroatoms. The first-order chi connectivity index (χ1) is 11.7. The highest BCUT2D eigenvalue weighted by Crippen LogP contribution is 2.39.